The molecule has 25 heavy (non-hydrogen) atoms. The molecule has 0 aromatic heterocycles. The van der Waals surface area contributed by atoms with Crippen molar-refractivity contribution in [1.29, 1.82) is 0 Å². The topological polar surface area (TPSA) is 64.6 Å². The van der Waals surface area contributed by atoms with Gasteiger partial charge < -0.3 is 14.8 Å². The van der Waals surface area contributed by atoms with Gasteiger partial charge in [0, 0.05) is 4.47 Å². The van der Waals surface area contributed by atoms with Crippen LogP contribution in [0.1, 0.15) is 24.1 Å². The minimum atomic E-state index is -0.590. The molecule has 0 heterocycles. The fourth-order valence-corrected chi connectivity index (χ4v) is 2.42. The summed E-state index contributed by atoms with van der Waals surface area (Å²) in [5.41, 5.74) is 2.00. The summed E-state index contributed by atoms with van der Waals surface area (Å²) in [6.07, 6.45) is 0. The van der Waals surface area contributed by atoms with Crippen LogP contribution in [0.2, 0.25) is 0 Å². The molecule has 6 heteroatoms. The first-order valence-corrected chi connectivity index (χ1v) is 8.63. The summed E-state index contributed by atoms with van der Waals surface area (Å²) in [6, 6.07) is 14.8. The average Bonchev–Trinajstić information content (AvgIpc) is 2.58. The van der Waals surface area contributed by atoms with E-state index in [-0.39, 0.29) is 25.2 Å². The van der Waals surface area contributed by atoms with E-state index >= 15 is 0 Å². The summed E-state index contributed by atoms with van der Waals surface area (Å²) in [4.78, 5) is 23.5. The van der Waals surface area contributed by atoms with E-state index in [1.165, 1.54) is 0 Å². The fraction of sp³-hybridized carbons (Fsp3) is 0.263. The van der Waals surface area contributed by atoms with E-state index in [2.05, 4.69) is 21.2 Å². The zero-order chi connectivity index (χ0) is 18.2. The first-order valence-electron chi connectivity index (χ1n) is 7.84. The normalized spacial score (nSPS) is 11.5. The molecule has 1 amide bonds. The number of halogens is 1. The summed E-state index contributed by atoms with van der Waals surface area (Å²) in [5, 5.41) is 2.78. The van der Waals surface area contributed by atoms with Gasteiger partial charge in [-0.1, -0.05) is 40.2 Å². The second kappa shape index (κ2) is 9.22. The van der Waals surface area contributed by atoms with E-state index in [4.69, 9.17) is 9.47 Å². The van der Waals surface area contributed by atoms with Crippen LogP contribution in [0.4, 0.5) is 0 Å². The van der Waals surface area contributed by atoms with Crippen LogP contribution in [0, 0.1) is 6.92 Å². The number of aryl methyl sites for hydroxylation is 1. The predicted octanol–water partition coefficient (Wildman–Crippen LogP) is 3.56. The number of carbonyl (C=O) groups excluding carboxylic acids is 2. The Balaban J connectivity index is 1.71. The molecule has 0 radical (unpaired) electrons. The molecule has 0 unspecified atom stereocenters. The van der Waals surface area contributed by atoms with Crippen molar-refractivity contribution >= 4 is 27.8 Å². The van der Waals surface area contributed by atoms with Gasteiger partial charge >= 0.3 is 5.97 Å². The summed E-state index contributed by atoms with van der Waals surface area (Å²) in [6.45, 7) is 3.22. The number of amides is 1. The first kappa shape index (κ1) is 19.0. The molecule has 2 rings (SSSR count). The second-order valence-corrected chi connectivity index (χ2v) is 6.52. The summed E-state index contributed by atoms with van der Waals surface area (Å²) < 4.78 is 11.2. The summed E-state index contributed by atoms with van der Waals surface area (Å²) >= 11 is 3.36. The molecule has 0 saturated heterocycles. The number of ether oxygens (including phenoxy) is 2. The molecule has 2 aromatic rings. The lowest BCUT2D eigenvalue weighted by Crippen LogP contribution is -2.31. The van der Waals surface area contributed by atoms with Gasteiger partial charge in [0.2, 0.25) is 0 Å². The van der Waals surface area contributed by atoms with Crippen molar-refractivity contribution in [2.45, 2.75) is 19.9 Å². The second-order valence-electron chi connectivity index (χ2n) is 5.61. The maximum absolute atomic E-state index is 11.9. The van der Waals surface area contributed by atoms with Crippen LogP contribution in [0.15, 0.2) is 53.0 Å². The number of hydrogen-bond donors (Lipinski definition) is 1. The minimum Gasteiger partial charge on any atom is -0.482 e. The first-order chi connectivity index (χ1) is 11.9. The number of rotatable bonds is 7. The smallest absolute Gasteiger partial charge is 0.344 e. The maximum atomic E-state index is 11.9. The van der Waals surface area contributed by atoms with Gasteiger partial charge in [-0.05, 0) is 49.2 Å². The molecule has 0 spiro atoms. The molecule has 132 valence electrons. The van der Waals surface area contributed by atoms with E-state index < -0.39 is 5.97 Å². The number of nitrogens with one attached hydrogen (secondary N) is 1. The van der Waals surface area contributed by atoms with Crippen molar-refractivity contribution in [2.24, 2.45) is 0 Å². The van der Waals surface area contributed by atoms with E-state index in [0.717, 1.165) is 15.6 Å². The Morgan fingerprint density at radius 3 is 2.52 bits per heavy atom. The molecular formula is C19H20BrNO4. The molecule has 1 N–H and O–H groups in total. The predicted molar refractivity (Wildman–Crippen MR) is 98.3 cm³/mol. The molecule has 0 aliphatic heterocycles. The highest BCUT2D eigenvalue weighted by Crippen LogP contribution is 2.16. The molecule has 0 aliphatic rings. The molecule has 1 atom stereocenters. The third-order valence-electron chi connectivity index (χ3n) is 3.46. The Labute approximate surface area is 155 Å². The van der Waals surface area contributed by atoms with Crippen molar-refractivity contribution in [3.63, 3.8) is 0 Å². The van der Waals surface area contributed by atoms with Gasteiger partial charge in [0.05, 0.1) is 6.04 Å². The molecule has 5 nitrogen and oxygen atoms in total. The van der Waals surface area contributed by atoms with Gasteiger partial charge in [-0.2, -0.15) is 0 Å². The summed E-state index contributed by atoms with van der Waals surface area (Å²) in [7, 11) is 0. The monoisotopic (exact) mass is 405 g/mol. The van der Waals surface area contributed by atoms with E-state index in [1.807, 2.05) is 56.3 Å². The molecule has 0 bridgehead atoms. The zero-order valence-electron chi connectivity index (χ0n) is 14.1. The average molecular weight is 406 g/mol. The minimum absolute atomic E-state index is 0.178. The zero-order valence-corrected chi connectivity index (χ0v) is 15.7. The van der Waals surface area contributed by atoms with Crippen LogP contribution in [0.3, 0.4) is 0 Å². The third-order valence-corrected chi connectivity index (χ3v) is 3.99. The van der Waals surface area contributed by atoms with Gasteiger partial charge in [0.1, 0.15) is 5.75 Å². The van der Waals surface area contributed by atoms with Crippen LogP contribution in [0.25, 0.3) is 0 Å². The van der Waals surface area contributed by atoms with E-state index in [9.17, 15) is 9.59 Å². The molecule has 0 saturated carbocycles. The molecule has 0 aliphatic carbocycles. The van der Waals surface area contributed by atoms with Crippen molar-refractivity contribution in [3.05, 3.63) is 64.1 Å². The van der Waals surface area contributed by atoms with Gasteiger partial charge in [-0.15, -0.1) is 0 Å². The van der Waals surface area contributed by atoms with Crippen LogP contribution in [-0.2, 0) is 14.3 Å². The highest BCUT2D eigenvalue weighted by Gasteiger charge is 2.12. The fourth-order valence-electron chi connectivity index (χ4n) is 2.15. The van der Waals surface area contributed by atoms with Crippen molar-refractivity contribution in [2.75, 3.05) is 13.2 Å². The maximum Gasteiger partial charge on any atom is 0.344 e. The highest BCUT2D eigenvalue weighted by atomic mass is 79.9. The lowest BCUT2D eigenvalue weighted by atomic mass is 10.1. The summed E-state index contributed by atoms with van der Waals surface area (Å²) in [5.74, 6) is -0.363. The highest BCUT2D eigenvalue weighted by molar-refractivity contribution is 9.10. The lowest BCUT2D eigenvalue weighted by Gasteiger charge is -2.14. The lowest BCUT2D eigenvalue weighted by molar-refractivity contribution is -0.150. The van der Waals surface area contributed by atoms with Crippen LogP contribution in [-0.4, -0.2) is 25.1 Å². The standard InChI is InChI=1S/C19H20BrNO4/c1-13-4-3-5-17(10-13)24-12-19(23)25-11-18(22)21-14(2)15-6-8-16(20)9-7-15/h3-10,14H,11-12H2,1-2H3,(H,21,22)/t14-/m0/s1. The molecule has 2 aromatic carbocycles. The molecule has 0 fully saturated rings. The van der Waals surface area contributed by atoms with Crippen molar-refractivity contribution in [3.8, 4) is 5.75 Å². The van der Waals surface area contributed by atoms with E-state index in [1.54, 1.807) is 6.07 Å². The Bertz CT molecular complexity index is 730. The SMILES string of the molecule is Cc1cccc(OCC(=O)OCC(=O)N[C@@H](C)c2ccc(Br)cc2)c1. The quantitative estimate of drug-likeness (QED) is 0.715. The Hall–Kier alpha value is -2.34. The Morgan fingerprint density at radius 2 is 1.84 bits per heavy atom. The van der Waals surface area contributed by atoms with E-state index in [0.29, 0.717) is 5.75 Å². The van der Waals surface area contributed by atoms with Gasteiger partial charge in [0.15, 0.2) is 13.2 Å². The number of hydrogen-bond acceptors (Lipinski definition) is 4. The largest absolute Gasteiger partial charge is 0.482 e. The van der Waals surface area contributed by atoms with Crippen LogP contribution >= 0.6 is 15.9 Å². The third kappa shape index (κ3) is 6.58. The Morgan fingerprint density at radius 1 is 1.12 bits per heavy atom. The Kier molecular flexibility index (Phi) is 7.01. The molecular weight excluding hydrogens is 386 g/mol. The van der Waals surface area contributed by atoms with Gasteiger partial charge in [-0.25, -0.2) is 4.79 Å². The van der Waals surface area contributed by atoms with Crippen molar-refractivity contribution < 1.29 is 19.1 Å². The number of esters is 1. The van der Waals surface area contributed by atoms with Gasteiger partial charge in [0.25, 0.3) is 5.91 Å². The van der Waals surface area contributed by atoms with Crippen LogP contribution in [0.5, 0.6) is 5.75 Å². The van der Waals surface area contributed by atoms with Gasteiger partial charge in [-0.3, -0.25) is 4.79 Å². The van der Waals surface area contributed by atoms with Crippen LogP contribution < -0.4 is 10.1 Å². The van der Waals surface area contributed by atoms with Crippen molar-refractivity contribution in [1.82, 2.24) is 5.32 Å². The number of carbonyl (C=O) groups is 2. The number of benzene rings is 2.